The van der Waals surface area contributed by atoms with E-state index in [1.165, 1.54) is 5.56 Å². The summed E-state index contributed by atoms with van der Waals surface area (Å²) in [6.45, 7) is 10.6. The number of rotatable bonds is 7. The number of likely N-dealkylation sites (N-methyl/N-ethyl adjacent to an activating group) is 1. The number of methoxy groups -OCH3 is 1. The molecule has 0 unspecified atom stereocenters. The maximum absolute atomic E-state index is 12.4. The van der Waals surface area contributed by atoms with Gasteiger partial charge in [-0.05, 0) is 36.7 Å². The third-order valence-corrected chi connectivity index (χ3v) is 3.45. The molecule has 0 aliphatic rings. The number of hydrogen-bond donors (Lipinski definition) is 0. The lowest BCUT2D eigenvalue weighted by molar-refractivity contribution is 0.0934. The van der Waals surface area contributed by atoms with Crippen LogP contribution in [0.2, 0.25) is 0 Å². The largest absolute Gasteiger partial charge is 0.496 e. The van der Waals surface area contributed by atoms with Crippen molar-refractivity contribution in [3.05, 3.63) is 29.3 Å². The van der Waals surface area contributed by atoms with Gasteiger partial charge in [0.1, 0.15) is 5.75 Å². The zero-order valence-corrected chi connectivity index (χ0v) is 12.7. The Kier molecular flexibility index (Phi) is 6.03. The molecule has 0 saturated heterocycles. The number of nitrogens with zero attached hydrogens (tertiary/aromatic N) is 1. The Balaban J connectivity index is 3.02. The zero-order valence-electron chi connectivity index (χ0n) is 12.7. The maximum Gasteiger partial charge on any atom is 0.180 e. The molecule has 106 valence electrons. The molecule has 0 N–H and O–H groups in total. The summed E-state index contributed by atoms with van der Waals surface area (Å²) in [5.74, 6) is 1.20. The molecule has 0 aliphatic carbocycles. The second-order valence-electron chi connectivity index (χ2n) is 5.00. The van der Waals surface area contributed by atoms with E-state index in [-0.39, 0.29) is 5.78 Å². The van der Waals surface area contributed by atoms with Crippen molar-refractivity contribution in [2.75, 3.05) is 26.7 Å². The van der Waals surface area contributed by atoms with Crippen LogP contribution in [-0.4, -0.2) is 37.4 Å². The van der Waals surface area contributed by atoms with Crippen LogP contribution in [0.5, 0.6) is 5.75 Å². The van der Waals surface area contributed by atoms with Crippen LogP contribution < -0.4 is 4.74 Å². The molecular weight excluding hydrogens is 238 g/mol. The molecule has 1 aromatic carbocycles. The average molecular weight is 263 g/mol. The third kappa shape index (κ3) is 4.06. The summed E-state index contributed by atoms with van der Waals surface area (Å²) in [7, 11) is 1.61. The van der Waals surface area contributed by atoms with Crippen LogP contribution in [0, 0.1) is 0 Å². The monoisotopic (exact) mass is 263 g/mol. The normalized spacial score (nSPS) is 11.1. The number of carbonyl (C=O) groups excluding carboxylic acids is 1. The van der Waals surface area contributed by atoms with Gasteiger partial charge < -0.3 is 4.74 Å². The highest BCUT2D eigenvalue weighted by Gasteiger charge is 2.16. The van der Waals surface area contributed by atoms with Gasteiger partial charge in [-0.15, -0.1) is 0 Å². The molecule has 0 aromatic heterocycles. The van der Waals surface area contributed by atoms with Crippen molar-refractivity contribution in [1.29, 1.82) is 0 Å². The van der Waals surface area contributed by atoms with E-state index in [2.05, 4.69) is 32.6 Å². The van der Waals surface area contributed by atoms with Crippen molar-refractivity contribution in [2.45, 2.75) is 33.6 Å². The third-order valence-electron chi connectivity index (χ3n) is 3.45. The second kappa shape index (κ2) is 7.29. The van der Waals surface area contributed by atoms with Crippen LogP contribution in [0.3, 0.4) is 0 Å². The summed E-state index contributed by atoms with van der Waals surface area (Å²) in [6.07, 6.45) is 0. The average Bonchev–Trinajstić information content (AvgIpc) is 2.43. The molecule has 0 fully saturated rings. The molecule has 1 aromatic rings. The van der Waals surface area contributed by atoms with E-state index in [0.717, 1.165) is 13.1 Å². The molecule has 0 bridgehead atoms. The summed E-state index contributed by atoms with van der Waals surface area (Å²) in [4.78, 5) is 14.5. The van der Waals surface area contributed by atoms with Gasteiger partial charge in [-0.3, -0.25) is 9.69 Å². The fourth-order valence-electron chi connectivity index (χ4n) is 2.04. The van der Waals surface area contributed by atoms with Gasteiger partial charge in [0.2, 0.25) is 0 Å². The van der Waals surface area contributed by atoms with Crippen LogP contribution in [-0.2, 0) is 0 Å². The highest BCUT2D eigenvalue weighted by molar-refractivity contribution is 6.00. The second-order valence-corrected chi connectivity index (χ2v) is 5.00. The van der Waals surface area contributed by atoms with Gasteiger partial charge in [-0.2, -0.15) is 0 Å². The summed E-state index contributed by atoms with van der Waals surface area (Å²) in [6, 6.07) is 5.89. The number of carbonyl (C=O) groups is 1. The summed E-state index contributed by atoms with van der Waals surface area (Å²) in [5.41, 5.74) is 1.87. The van der Waals surface area contributed by atoms with Gasteiger partial charge in [0.25, 0.3) is 0 Å². The molecule has 0 saturated carbocycles. The topological polar surface area (TPSA) is 29.5 Å². The number of ether oxygens (including phenoxy) is 1. The Bertz CT molecular complexity index is 423. The fraction of sp³-hybridized carbons (Fsp3) is 0.562. The van der Waals surface area contributed by atoms with Crippen molar-refractivity contribution in [2.24, 2.45) is 0 Å². The standard InChI is InChI=1S/C16H25NO2/c1-6-17(7-2)11-15(18)14-10-13(12(3)4)8-9-16(14)19-5/h8-10,12H,6-7,11H2,1-5H3. The van der Waals surface area contributed by atoms with E-state index < -0.39 is 0 Å². The molecule has 0 aliphatic heterocycles. The van der Waals surface area contributed by atoms with E-state index in [0.29, 0.717) is 23.8 Å². The van der Waals surface area contributed by atoms with Gasteiger partial charge in [0.05, 0.1) is 19.2 Å². The SMILES string of the molecule is CCN(CC)CC(=O)c1cc(C(C)C)ccc1OC. The van der Waals surface area contributed by atoms with Crippen LogP contribution in [0.1, 0.15) is 49.5 Å². The molecule has 0 amide bonds. The Hall–Kier alpha value is -1.35. The quantitative estimate of drug-likeness (QED) is 0.707. The first-order valence-corrected chi connectivity index (χ1v) is 6.96. The first kappa shape index (κ1) is 15.7. The number of Topliss-reactive ketones (excluding diaryl/α,β-unsaturated/α-hetero) is 1. The summed E-state index contributed by atoms with van der Waals surface area (Å²) >= 11 is 0. The minimum absolute atomic E-state index is 0.128. The first-order chi connectivity index (χ1) is 9.03. The van der Waals surface area contributed by atoms with Gasteiger partial charge >= 0.3 is 0 Å². The lowest BCUT2D eigenvalue weighted by Gasteiger charge is -2.18. The minimum atomic E-state index is 0.128. The lowest BCUT2D eigenvalue weighted by atomic mass is 9.98. The highest BCUT2D eigenvalue weighted by Crippen LogP contribution is 2.24. The summed E-state index contributed by atoms with van der Waals surface area (Å²) in [5, 5.41) is 0. The smallest absolute Gasteiger partial charge is 0.180 e. The molecule has 0 heterocycles. The Morgan fingerprint density at radius 3 is 2.37 bits per heavy atom. The number of hydrogen-bond acceptors (Lipinski definition) is 3. The van der Waals surface area contributed by atoms with E-state index in [1.54, 1.807) is 7.11 Å². The van der Waals surface area contributed by atoms with Crippen molar-refractivity contribution in [1.82, 2.24) is 4.90 Å². The van der Waals surface area contributed by atoms with Crippen molar-refractivity contribution < 1.29 is 9.53 Å². The predicted octanol–water partition coefficient (Wildman–Crippen LogP) is 3.34. The van der Waals surface area contributed by atoms with Crippen LogP contribution in [0.4, 0.5) is 0 Å². The minimum Gasteiger partial charge on any atom is -0.496 e. The number of ketones is 1. The molecular formula is C16H25NO2. The summed E-state index contributed by atoms with van der Waals surface area (Å²) < 4.78 is 5.31. The fourth-order valence-corrected chi connectivity index (χ4v) is 2.04. The molecule has 19 heavy (non-hydrogen) atoms. The van der Waals surface area contributed by atoms with Gasteiger partial charge in [0, 0.05) is 0 Å². The highest BCUT2D eigenvalue weighted by atomic mass is 16.5. The van der Waals surface area contributed by atoms with E-state index in [9.17, 15) is 4.79 Å². The van der Waals surface area contributed by atoms with Crippen molar-refractivity contribution >= 4 is 5.78 Å². The van der Waals surface area contributed by atoms with Gasteiger partial charge in [-0.25, -0.2) is 0 Å². The Morgan fingerprint density at radius 2 is 1.89 bits per heavy atom. The number of benzene rings is 1. The molecule has 1 rings (SSSR count). The van der Waals surface area contributed by atoms with Gasteiger partial charge in [-0.1, -0.05) is 33.8 Å². The molecule has 0 spiro atoms. The lowest BCUT2D eigenvalue weighted by Crippen LogP contribution is -2.29. The molecule has 0 atom stereocenters. The Labute approximate surface area is 116 Å². The van der Waals surface area contributed by atoms with Gasteiger partial charge in [0.15, 0.2) is 5.78 Å². The predicted molar refractivity (Wildman–Crippen MR) is 79.2 cm³/mol. The zero-order chi connectivity index (χ0) is 14.4. The van der Waals surface area contributed by atoms with E-state index >= 15 is 0 Å². The molecule has 0 radical (unpaired) electrons. The van der Waals surface area contributed by atoms with Crippen LogP contribution in [0.15, 0.2) is 18.2 Å². The Morgan fingerprint density at radius 1 is 1.26 bits per heavy atom. The van der Waals surface area contributed by atoms with Crippen molar-refractivity contribution in [3.8, 4) is 5.75 Å². The first-order valence-electron chi connectivity index (χ1n) is 6.96. The maximum atomic E-state index is 12.4. The van der Waals surface area contributed by atoms with E-state index in [1.807, 2.05) is 18.2 Å². The van der Waals surface area contributed by atoms with Crippen LogP contribution >= 0.6 is 0 Å². The van der Waals surface area contributed by atoms with Crippen molar-refractivity contribution in [3.63, 3.8) is 0 Å². The molecule has 3 heteroatoms. The van der Waals surface area contributed by atoms with Crippen LogP contribution in [0.25, 0.3) is 0 Å². The molecule has 3 nitrogen and oxygen atoms in total. The van der Waals surface area contributed by atoms with E-state index in [4.69, 9.17) is 4.74 Å².